The van der Waals surface area contributed by atoms with Gasteiger partial charge in [-0.25, -0.2) is 0 Å². The van der Waals surface area contributed by atoms with Crippen molar-refractivity contribution in [1.29, 1.82) is 5.41 Å². The molecule has 1 saturated heterocycles. The monoisotopic (exact) mass is 222 g/mol. The SMILES string of the molecule is CC(O)(c1ccccc1)N1CCSC1=N. The Balaban J connectivity index is 2.30. The molecule has 0 spiro atoms. The van der Waals surface area contributed by atoms with E-state index in [4.69, 9.17) is 5.41 Å². The van der Waals surface area contributed by atoms with Crippen LogP contribution >= 0.6 is 11.8 Å². The average Bonchev–Trinajstić information content (AvgIpc) is 2.66. The number of benzene rings is 1. The molecule has 1 fully saturated rings. The van der Waals surface area contributed by atoms with Crippen molar-refractivity contribution >= 4 is 16.9 Å². The largest absolute Gasteiger partial charge is 0.367 e. The fourth-order valence-corrected chi connectivity index (χ4v) is 2.63. The maximum absolute atomic E-state index is 10.4. The highest BCUT2D eigenvalue weighted by atomic mass is 32.2. The molecule has 1 aromatic rings. The van der Waals surface area contributed by atoms with Crippen LogP contribution in [0.3, 0.4) is 0 Å². The number of thioether (sulfide) groups is 1. The molecule has 1 aliphatic rings. The number of hydrogen-bond donors (Lipinski definition) is 2. The first-order valence-electron chi connectivity index (χ1n) is 4.89. The van der Waals surface area contributed by atoms with Crippen molar-refractivity contribution in [1.82, 2.24) is 4.90 Å². The summed E-state index contributed by atoms with van der Waals surface area (Å²) >= 11 is 1.48. The van der Waals surface area contributed by atoms with Gasteiger partial charge in [0.1, 0.15) is 0 Å². The lowest BCUT2D eigenvalue weighted by Gasteiger charge is -2.34. The Morgan fingerprint density at radius 1 is 1.40 bits per heavy atom. The van der Waals surface area contributed by atoms with Gasteiger partial charge in [-0.3, -0.25) is 5.41 Å². The maximum atomic E-state index is 10.4. The first-order chi connectivity index (χ1) is 7.12. The van der Waals surface area contributed by atoms with E-state index in [2.05, 4.69) is 0 Å². The van der Waals surface area contributed by atoms with Crippen LogP contribution in [0.15, 0.2) is 30.3 Å². The van der Waals surface area contributed by atoms with Gasteiger partial charge in [0, 0.05) is 17.9 Å². The van der Waals surface area contributed by atoms with Crippen LogP contribution in [0.5, 0.6) is 0 Å². The molecule has 2 rings (SSSR count). The van der Waals surface area contributed by atoms with Gasteiger partial charge in [0.2, 0.25) is 0 Å². The van der Waals surface area contributed by atoms with Crippen LogP contribution in [-0.2, 0) is 5.72 Å². The molecule has 0 aliphatic carbocycles. The lowest BCUT2D eigenvalue weighted by molar-refractivity contribution is -0.0534. The molecule has 80 valence electrons. The van der Waals surface area contributed by atoms with E-state index >= 15 is 0 Å². The van der Waals surface area contributed by atoms with Crippen molar-refractivity contribution in [3.63, 3.8) is 0 Å². The summed E-state index contributed by atoms with van der Waals surface area (Å²) in [6.45, 7) is 2.47. The van der Waals surface area contributed by atoms with Gasteiger partial charge in [-0.15, -0.1) is 0 Å². The van der Waals surface area contributed by atoms with E-state index in [1.165, 1.54) is 11.8 Å². The van der Waals surface area contributed by atoms with Crippen molar-refractivity contribution in [3.05, 3.63) is 35.9 Å². The number of rotatable bonds is 2. The fraction of sp³-hybridized carbons (Fsp3) is 0.364. The van der Waals surface area contributed by atoms with E-state index in [-0.39, 0.29) is 0 Å². The third-order valence-electron chi connectivity index (χ3n) is 2.65. The van der Waals surface area contributed by atoms with Gasteiger partial charge in [0.15, 0.2) is 10.9 Å². The lowest BCUT2D eigenvalue weighted by Crippen LogP contribution is -2.44. The highest BCUT2D eigenvalue weighted by Gasteiger charge is 2.35. The predicted octanol–water partition coefficient (Wildman–Crippen LogP) is 1.84. The van der Waals surface area contributed by atoms with E-state index in [0.29, 0.717) is 5.17 Å². The molecule has 15 heavy (non-hydrogen) atoms. The van der Waals surface area contributed by atoms with Gasteiger partial charge in [-0.2, -0.15) is 0 Å². The van der Waals surface area contributed by atoms with Crippen LogP contribution in [0.4, 0.5) is 0 Å². The highest BCUT2D eigenvalue weighted by molar-refractivity contribution is 8.14. The summed E-state index contributed by atoms with van der Waals surface area (Å²) in [5.74, 6) is 0.877. The first kappa shape index (κ1) is 10.5. The normalized spacial score (nSPS) is 20.4. The first-order valence-corrected chi connectivity index (χ1v) is 5.88. The highest BCUT2D eigenvalue weighted by Crippen LogP contribution is 2.31. The number of amidine groups is 1. The number of hydrogen-bond acceptors (Lipinski definition) is 3. The molecule has 0 saturated carbocycles. The molecule has 0 radical (unpaired) electrons. The molecule has 1 heterocycles. The Morgan fingerprint density at radius 2 is 2.07 bits per heavy atom. The second kappa shape index (κ2) is 3.87. The molecule has 4 heteroatoms. The molecule has 0 aromatic heterocycles. The van der Waals surface area contributed by atoms with Gasteiger partial charge in [0.05, 0.1) is 0 Å². The second-order valence-corrected chi connectivity index (χ2v) is 4.78. The van der Waals surface area contributed by atoms with Crippen LogP contribution in [0.1, 0.15) is 12.5 Å². The van der Waals surface area contributed by atoms with Gasteiger partial charge < -0.3 is 10.0 Å². The predicted molar refractivity (Wildman–Crippen MR) is 62.9 cm³/mol. The van der Waals surface area contributed by atoms with Crippen molar-refractivity contribution < 1.29 is 5.11 Å². The van der Waals surface area contributed by atoms with E-state index < -0.39 is 5.72 Å². The Hall–Kier alpha value is -1.00. The summed E-state index contributed by atoms with van der Waals surface area (Å²) in [6, 6.07) is 9.49. The summed E-state index contributed by atoms with van der Waals surface area (Å²) in [5.41, 5.74) is -0.237. The van der Waals surface area contributed by atoms with Crippen molar-refractivity contribution in [2.75, 3.05) is 12.3 Å². The number of nitrogens with zero attached hydrogens (tertiary/aromatic N) is 1. The topological polar surface area (TPSA) is 47.3 Å². The molecule has 2 N–H and O–H groups in total. The smallest absolute Gasteiger partial charge is 0.162 e. The quantitative estimate of drug-likeness (QED) is 0.802. The molecular formula is C11H14N2OS. The van der Waals surface area contributed by atoms with Crippen LogP contribution in [0.25, 0.3) is 0 Å². The Bertz CT molecular complexity index is 364. The fourth-order valence-electron chi connectivity index (χ4n) is 1.74. The van der Waals surface area contributed by atoms with Crippen LogP contribution in [0, 0.1) is 5.41 Å². The van der Waals surface area contributed by atoms with Crippen LogP contribution < -0.4 is 0 Å². The Morgan fingerprint density at radius 3 is 2.60 bits per heavy atom. The standard InChI is InChI=1S/C11H14N2OS/c1-11(14,9-5-3-2-4-6-9)13-7-8-15-10(13)12/h2-6,12,14H,7-8H2,1H3. The van der Waals surface area contributed by atoms with Crippen molar-refractivity contribution in [3.8, 4) is 0 Å². The minimum atomic E-state index is -1.07. The van der Waals surface area contributed by atoms with Gasteiger partial charge in [-0.05, 0) is 6.92 Å². The summed E-state index contributed by atoms with van der Waals surface area (Å²) in [7, 11) is 0. The molecule has 1 aromatic carbocycles. The minimum Gasteiger partial charge on any atom is -0.367 e. The van der Waals surface area contributed by atoms with Crippen LogP contribution in [-0.4, -0.2) is 27.5 Å². The van der Waals surface area contributed by atoms with Gasteiger partial charge >= 0.3 is 0 Å². The van der Waals surface area contributed by atoms with E-state index in [1.807, 2.05) is 30.3 Å². The lowest BCUT2D eigenvalue weighted by atomic mass is 10.0. The zero-order chi connectivity index (χ0) is 10.9. The Labute approximate surface area is 93.6 Å². The summed E-state index contributed by atoms with van der Waals surface area (Å²) in [5, 5.41) is 18.6. The Kier molecular flexibility index (Phi) is 2.71. The third kappa shape index (κ3) is 1.87. The zero-order valence-corrected chi connectivity index (χ0v) is 9.42. The van der Waals surface area contributed by atoms with Crippen molar-refractivity contribution in [2.24, 2.45) is 0 Å². The molecule has 1 unspecified atom stereocenters. The van der Waals surface area contributed by atoms with E-state index in [1.54, 1.807) is 11.8 Å². The van der Waals surface area contributed by atoms with Crippen LogP contribution in [0.2, 0.25) is 0 Å². The van der Waals surface area contributed by atoms with Gasteiger partial charge in [0.25, 0.3) is 0 Å². The molecule has 1 atom stereocenters. The second-order valence-electron chi connectivity index (χ2n) is 3.69. The maximum Gasteiger partial charge on any atom is 0.162 e. The third-order valence-corrected chi connectivity index (χ3v) is 3.53. The van der Waals surface area contributed by atoms with E-state index in [0.717, 1.165) is 17.9 Å². The molecule has 0 amide bonds. The summed E-state index contributed by atoms with van der Waals surface area (Å²) in [6.07, 6.45) is 0. The zero-order valence-electron chi connectivity index (χ0n) is 8.60. The van der Waals surface area contributed by atoms with E-state index in [9.17, 15) is 5.11 Å². The molecule has 0 bridgehead atoms. The molecule has 3 nitrogen and oxygen atoms in total. The molecular weight excluding hydrogens is 208 g/mol. The van der Waals surface area contributed by atoms with Crippen molar-refractivity contribution in [2.45, 2.75) is 12.6 Å². The number of aliphatic hydroxyl groups is 1. The minimum absolute atomic E-state index is 0.448. The summed E-state index contributed by atoms with van der Waals surface area (Å²) < 4.78 is 0. The average molecular weight is 222 g/mol. The molecule has 1 aliphatic heterocycles. The number of nitrogens with one attached hydrogen (secondary N) is 1. The summed E-state index contributed by atoms with van der Waals surface area (Å²) in [4.78, 5) is 1.73. The van der Waals surface area contributed by atoms with Gasteiger partial charge in [-0.1, -0.05) is 42.1 Å².